The lowest BCUT2D eigenvalue weighted by Crippen LogP contribution is -2.66. The molecule has 78 heavy (non-hydrogen) atoms. The van der Waals surface area contributed by atoms with Crippen LogP contribution in [0.5, 0.6) is 0 Å². The number of hydrogen-bond donors (Lipinski definition) is 11. The summed E-state index contributed by atoms with van der Waals surface area (Å²) < 4.78 is 0. The maximum atomic E-state index is 14.1. The molecule has 448 valence electrons. The number of carbonyl (C=O) groups excluding carboxylic acids is 10. The number of aliphatic hydroxyl groups is 2. The Bertz CT molecular complexity index is 2010. The lowest BCUT2D eigenvalue weighted by atomic mass is 9.92. The molecule has 1 aliphatic rings. The van der Waals surface area contributed by atoms with E-state index in [4.69, 9.17) is 5.11 Å². The van der Waals surface area contributed by atoms with Gasteiger partial charge in [0.05, 0.1) is 12.7 Å². The topological polar surface area (TPSA) is 323 Å². The summed E-state index contributed by atoms with van der Waals surface area (Å²) in [6.07, 6.45) is 5.59. The van der Waals surface area contributed by atoms with Crippen molar-refractivity contribution in [2.75, 3.05) is 26.2 Å². The van der Waals surface area contributed by atoms with Crippen molar-refractivity contribution >= 4 is 58.9 Å². The molecule has 10 atom stereocenters. The molecule has 22 nitrogen and oxygen atoms in total. The summed E-state index contributed by atoms with van der Waals surface area (Å²) in [6.45, 7) is 27.4. The highest BCUT2D eigenvalue weighted by Gasteiger charge is 2.42. The number of likely N-dealkylation sites (tertiary alicyclic amines) is 1. The number of hydrogen-bond acceptors (Lipinski definition) is 13. The van der Waals surface area contributed by atoms with Crippen molar-refractivity contribution in [1.82, 2.24) is 52.8 Å². The van der Waals surface area contributed by atoms with Crippen LogP contribution < -0.4 is 47.9 Å². The molecule has 0 spiro atoms. The Kier molecular flexibility index (Phi) is 30.3. The SMILES string of the molecule is CCCCCCC(C)C(=O)N1CCC[C@H]1C(=O)NC(CC(C)CC(O)CC(=O)CC)C(=O)N[C@@H](C)C(=O)NC(C)(C)C(=O)N[C@H](C(=O)N[C@H](C(=O)NC(C)(C)C(=O)NC(C)(C)C(=O)NC(C)CNCCO)[C@@H](C)CC)C(C)C. The Morgan fingerprint density at radius 3 is 1.81 bits per heavy atom. The second-order valence-electron chi connectivity index (χ2n) is 23.7. The number of rotatable bonds is 36. The zero-order chi connectivity index (χ0) is 59.9. The number of ketones is 1. The number of nitrogens with zero attached hydrogens (tertiary/aromatic N) is 1. The molecule has 1 fully saturated rings. The van der Waals surface area contributed by atoms with E-state index >= 15 is 0 Å². The molecular weight excluding hydrogens is 1000 g/mol. The smallest absolute Gasteiger partial charge is 0.246 e. The van der Waals surface area contributed by atoms with Crippen LogP contribution in [0.15, 0.2) is 0 Å². The van der Waals surface area contributed by atoms with E-state index in [1.165, 1.54) is 48.5 Å². The predicted molar refractivity (Wildman–Crippen MR) is 299 cm³/mol. The summed E-state index contributed by atoms with van der Waals surface area (Å²) in [5.41, 5.74) is -4.63. The number of amides is 9. The molecule has 0 saturated carbocycles. The Hall–Kier alpha value is -5.22. The van der Waals surface area contributed by atoms with Crippen molar-refractivity contribution in [3.63, 3.8) is 0 Å². The first kappa shape index (κ1) is 70.8. The van der Waals surface area contributed by atoms with E-state index in [9.17, 15) is 53.1 Å². The first-order chi connectivity index (χ1) is 36.2. The summed E-state index contributed by atoms with van der Waals surface area (Å²) in [7, 11) is 0. The lowest BCUT2D eigenvalue weighted by Gasteiger charge is -2.35. The van der Waals surface area contributed by atoms with Crippen LogP contribution in [-0.4, -0.2) is 159 Å². The molecular formula is C56H102N10O12. The molecule has 22 heteroatoms. The number of carbonyl (C=O) groups is 10. The average Bonchev–Trinajstić information content (AvgIpc) is 3.85. The van der Waals surface area contributed by atoms with Gasteiger partial charge in [0.25, 0.3) is 0 Å². The van der Waals surface area contributed by atoms with Crippen LogP contribution in [0.1, 0.15) is 188 Å². The molecule has 5 unspecified atom stereocenters. The van der Waals surface area contributed by atoms with Gasteiger partial charge in [0.15, 0.2) is 0 Å². The highest BCUT2D eigenvalue weighted by Crippen LogP contribution is 2.24. The summed E-state index contributed by atoms with van der Waals surface area (Å²) >= 11 is 0. The number of Topliss-reactive ketones (excluding diaryl/α,β-unsaturated/α-hetero) is 1. The van der Waals surface area contributed by atoms with Gasteiger partial charge in [0.1, 0.15) is 52.6 Å². The Balaban J connectivity index is 3.22. The third-order valence-corrected chi connectivity index (χ3v) is 14.5. The molecule has 0 bridgehead atoms. The van der Waals surface area contributed by atoms with Crippen molar-refractivity contribution in [2.45, 2.75) is 247 Å². The van der Waals surface area contributed by atoms with E-state index in [0.717, 1.165) is 25.7 Å². The molecule has 0 aromatic carbocycles. The number of unbranched alkanes of at least 4 members (excludes halogenated alkanes) is 3. The maximum absolute atomic E-state index is 14.1. The van der Waals surface area contributed by atoms with Gasteiger partial charge in [-0.25, -0.2) is 0 Å². The third-order valence-electron chi connectivity index (χ3n) is 14.5. The monoisotopic (exact) mass is 1110 g/mol. The first-order valence-electron chi connectivity index (χ1n) is 28.5. The molecule has 0 aromatic rings. The minimum atomic E-state index is -1.67. The number of aliphatic hydroxyl groups excluding tert-OH is 2. The summed E-state index contributed by atoms with van der Waals surface area (Å²) in [5, 5.41) is 44.5. The maximum Gasteiger partial charge on any atom is 0.246 e. The van der Waals surface area contributed by atoms with Crippen molar-refractivity contribution in [2.24, 2.45) is 23.7 Å². The lowest BCUT2D eigenvalue weighted by molar-refractivity contribution is -0.142. The molecule has 0 aliphatic carbocycles. The van der Waals surface area contributed by atoms with Gasteiger partial charge < -0.3 is 63.0 Å². The van der Waals surface area contributed by atoms with E-state index < -0.39 is 112 Å². The van der Waals surface area contributed by atoms with Gasteiger partial charge >= 0.3 is 0 Å². The summed E-state index contributed by atoms with van der Waals surface area (Å²) in [6, 6.07) is -5.99. The zero-order valence-electron chi connectivity index (χ0n) is 50.1. The molecule has 9 amide bonds. The van der Waals surface area contributed by atoms with Crippen LogP contribution in [0, 0.1) is 23.7 Å². The minimum absolute atomic E-state index is 0.0292. The Morgan fingerprint density at radius 1 is 0.641 bits per heavy atom. The van der Waals surface area contributed by atoms with Gasteiger partial charge in [0, 0.05) is 44.4 Å². The Labute approximate surface area is 465 Å². The fourth-order valence-corrected chi connectivity index (χ4v) is 8.99. The van der Waals surface area contributed by atoms with E-state index in [2.05, 4.69) is 54.8 Å². The van der Waals surface area contributed by atoms with Crippen LogP contribution in [0.3, 0.4) is 0 Å². The average molecular weight is 1110 g/mol. The molecule has 0 radical (unpaired) electrons. The summed E-state index contributed by atoms with van der Waals surface area (Å²) in [4.78, 5) is 138. The molecule has 1 saturated heterocycles. The minimum Gasteiger partial charge on any atom is -0.395 e. The van der Waals surface area contributed by atoms with Crippen molar-refractivity contribution < 1.29 is 58.2 Å². The van der Waals surface area contributed by atoms with Crippen LogP contribution in [0.2, 0.25) is 0 Å². The van der Waals surface area contributed by atoms with Gasteiger partial charge in [-0.1, -0.05) is 87.5 Å². The quantitative estimate of drug-likeness (QED) is 0.0402. The zero-order valence-corrected chi connectivity index (χ0v) is 50.1. The van der Waals surface area contributed by atoms with Gasteiger partial charge in [-0.3, -0.25) is 47.9 Å². The third kappa shape index (κ3) is 23.6. The molecule has 1 rings (SSSR count). The van der Waals surface area contributed by atoms with Crippen molar-refractivity contribution in [3.05, 3.63) is 0 Å². The van der Waals surface area contributed by atoms with Gasteiger partial charge in [-0.2, -0.15) is 0 Å². The largest absolute Gasteiger partial charge is 0.395 e. The normalized spacial score (nSPS) is 17.4. The van der Waals surface area contributed by atoms with Gasteiger partial charge in [0.2, 0.25) is 53.2 Å². The molecule has 1 aliphatic heterocycles. The number of nitrogens with one attached hydrogen (secondary N) is 9. The summed E-state index contributed by atoms with van der Waals surface area (Å²) in [5.74, 6) is -7.22. The van der Waals surface area contributed by atoms with E-state index in [-0.39, 0.29) is 61.9 Å². The molecule has 11 N–H and O–H groups in total. The fraction of sp³-hybridized carbons (Fsp3) is 0.821. The van der Waals surface area contributed by atoms with E-state index in [0.29, 0.717) is 45.3 Å². The Morgan fingerprint density at radius 2 is 1.23 bits per heavy atom. The van der Waals surface area contributed by atoms with Crippen molar-refractivity contribution in [3.8, 4) is 0 Å². The second-order valence-corrected chi connectivity index (χ2v) is 23.7. The van der Waals surface area contributed by atoms with Gasteiger partial charge in [-0.15, -0.1) is 0 Å². The van der Waals surface area contributed by atoms with E-state index in [1.807, 2.05) is 13.8 Å². The molecule has 1 heterocycles. The highest BCUT2D eigenvalue weighted by atomic mass is 16.3. The molecule has 0 aromatic heterocycles. The second kappa shape index (κ2) is 33.4. The predicted octanol–water partition coefficient (Wildman–Crippen LogP) is 2.16. The standard InChI is InChI=1S/C56H102N10O12/c1-17-20-21-22-24-36(8)50(75)66-27-23-25-42(66)47(72)60-41(30-34(6)29-40(69)31-39(68)19-3)46(71)59-38(10)45(70)63-54(11,12)52(77)62-43(33(4)5)48(73)61-44(35(7)18-2)49(74)64-56(15,16)53(78)65-55(13,14)51(76)58-37(9)32-57-26-28-67/h33-38,40-44,57,67,69H,17-32H2,1-16H3,(H,58,76)(H,59,71)(H,60,72)(H,61,73)(H,62,77)(H,63,70)(H,64,74)(H,65,78)/t34?,35-,36?,37?,38-,40?,41?,42-,43-,44-/m0/s1. The highest BCUT2D eigenvalue weighted by molar-refractivity contribution is 6.00. The van der Waals surface area contributed by atoms with Crippen LogP contribution >= 0.6 is 0 Å². The van der Waals surface area contributed by atoms with Gasteiger partial charge in [-0.05, 0) is 105 Å². The van der Waals surface area contributed by atoms with Crippen LogP contribution in [0.25, 0.3) is 0 Å². The van der Waals surface area contributed by atoms with Crippen molar-refractivity contribution in [1.29, 1.82) is 0 Å². The van der Waals surface area contributed by atoms with E-state index in [1.54, 1.807) is 46.4 Å². The van der Waals surface area contributed by atoms with Crippen LogP contribution in [-0.2, 0) is 47.9 Å². The first-order valence-corrected chi connectivity index (χ1v) is 28.5. The van der Waals surface area contributed by atoms with Crippen LogP contribution in [0.4, 0.5) is 0 Å². The fourth-order valence-electron chi connectivity index (χ4n) is 8.99.